The first-order valence-electron chi connectivity index (χ1n) is 5.73. The molecule has 0 aromatic carbocycles. The second kappa shape index (κ2) is 7.13. The summed E-state index contributed by atoms with van der Waals surface area (Å²) in [5, 5.41) is 11.8. The zero-order valence-corrected chi connectivity index (χ0v) is 12.5. The van der Waals surface area contributed by atoms with E-state index in [-0.39, 0.29) is 12.5 Å². The number of halogens is 1. The fraction of sp³-hybridized carbons (Fsp3) is 0.583. The summed E-state index contributed by atoms with van der Waals surface area (Å²) >= 11 is 4.86. The highest BCUT2D eigenvalue weighted by molar-refractivity contribution is 9.11. The van der Waals surface area contributed by atoms with Crippen LogP contribution in [-0.4, -0.2) is 24.2 Å². The maximum absolute atomic E-state index is 11.9. The number of rotatable bonds is 6. The normalized spacial score (nSPS) is 12.5. The molecule has 17 heavy (non-hydrogen) atoms. The minimum atomic E-state index is -0.0276. The summed E-state index contributed by atoms with van der Waals surface area (Å²) in [5.41, 5.74) is 1.09. The third kappa shape index (κ3) is 4.41. The Labute approximate surface area is 114 Å². The third-order valence-corrected chi connectivity index (χ3v) is 4.88. The van der Waals surface area contributed by atoms with Gasteiger partial charge in [-0.25, -0.2) is 0 Å². The van der Waals surface area contributed by atoms with E-state index in [0.717, 1.165) is 27.1 Å². The molecular weight excluding hydrogens is 302 g/mol. The largest absolute Gasteiger partial charge is 0.396 e. The number of aliphatic hydroxyl groups is 1. The lowest BCUT2D eigenvalue weighted by molar-refractivity contribution is 0.0947. The van der Waals surface area contributed by atoms with Gasteiger partial charge in [0.15, 0.2) is 0 Å². The molecule has 96 valence electrons. The van der Waals surface area contributed by atoms with Gasteiger partial charge in [0.05, 0.1) is 8.66 Å². The minimum absolute atomic E-state index is 0.0276. The Balaban J connectivity index is 2.49. The van der Waals surface area contributed by atoms with Crippen LogP contribution in [0.25, 0.3) is 0 Å². The fourth-order valence-electron chi connectivity index (χ4n) is 1.53. The zero-order valence-electron chi connectivity index (χ0n) is 10.1. The van der Waals surface area contributed by atoms with Crippen molar-refractivity contribution in [3.8, 4) is 0 Å². The summed E-state index contributed by atoms with van der Waals surface area (Å²) < 4.78 is 1.00. The Hall–Kier alpha value is -0.390. The van der Waals surface area contributed by atoms with Gasteiger partial charge in [-0.2, -0.15) is 0 Å². The number of hydrogen-bond donors (Lipinski definition) is 2. The molecule has 1 unspecified atom stereocenters. The van der Waals surface area contributed by atoms with Crippen LogP contribution in [0.1, 0.15) is 35.0 Å². The fourth-order valence-corrected chi connectivity index (χ4v) is 2.98. The molecule has 0 aliphatic rings. The molecular formula is C12H18BrNO2S. The van der Waals surface area contributed by atoms with Crippen molar-refractivity contribution in [3.05, 3.63) is 20.3 Å². The number of nitrogens with one attached hydrogen (secondary N) is 1. The Morgan fingerprint density at radius 2 is 2.35 bits per heavy atom. The number of carbonyl (C=O) groups excluding carboxylic acids is 1. The second-order valence-electron chi connectivity index (χ2n) is 4.06. The van der Waals surface area contributed by atoms with Crippen molar-refractivity contribution in [2.45, 2.75) is 26.7 Å². The van der Waals surface area contributed by atoms with E-state index in [1.54, 1.807) is 0 Å². The van der Waals surface area contributed by atoms with Crippen LogP contribution in [0.4, 0.5) is 0 Å². The van der Waals surface area contributed by atoms with Gasteiger partial charge in [-0.05, 0) is 46.8 Å². The average Bonchev–Trinajstić information content (AvgIpc) is 2.64. The average molecular weight is 320 g/mol. The van der Waals surface area contributed by atoms with Gasteiger partial charge in [0.25, 0.3) is 5.91 Å². The van der Waals surface area contributed by atoms with Crippen LogP contribution in [0.5, 0.6) is 0 Å². The summed E-state index contributed by atoms with van der Waals surface area (Å²) in [7, 11) is 0. The summed E-state index contributed by atoms with van der Waals surface area (Å²) in [6.07, 6.45) is 1.71. The van der Waals surface area contributed by atoms with E-state index < -0.39 is 0 Å². The van der Waals surface area contributed by atoms with Crippen molar-refractivity contribution in [1.82, 2.24) is 5.32 Å². The topological polar surface area (TPSA) is 49.3 Å². The van der Waals surface area contributed by atoms with Crippen molar-refractivity contribution in [2.24, 2.45) is 5.92 Å². The molecule has 1 aromatic heterocycles. The van der Waals surface area contributed by atoms with Gasteiger partial charge < -0.3 is 10.4 Å². The van der Waals surface area contributed by atoms with Gasteiger partial charge in [-0.1, -0.05) is 13.3 Å². The third-order valence-electron chi connectivity index (χ3n) is 2.75. The summed E-state index contributed by atoms with van der Waals surface area (Å²) in [5.74, 6) is 0.327. The lowest BCUT2D eigenvalue weighted by Gasteiger charge is -2.13. The minimum Gasteiger partial charge on any atom is -0.396 e. The van der Waals surface area contributed by atoms with E-state index in [1.807, 2.05) is 13.0 Å². The standard InChI is InChI=1S/C12H18BrNO2S/c1-3-9(4-5-15)7-14-12(16)10-6-8(2)11(13)17-10/h6,9,15H,3-5,7H2,1-2H3,(H,14,16). The number of thiophene rings is 1. The van der Waals surface area contributed by atoms with Crippen LogP contribution in [0.2, 0.25) is 0 Å². The van der Waals surface area contributed by atoms with Crippen LogP contribution in [0, 0.1) is 12.8 Å². The van der Waals surface area contributed by atoms with E-state index in [2.05, 4.69) is 28.2 Å². The van der Waals surface area contributed by atoms with Gasteiger partial charge in [0.1, 0.15) is 0 Å². The lowest BCUT2D eigenvalue weighted by Crippen LogP contribution is -2.29. The molecule has 0 aliphatic heterocycles. The SMILES string of the molecule is CCC(CCO)CNC(=O)c1cc(C)c(Br)s1. The van der Waals surface area contributed by atoms with E-state index in [4.69, 9.17) is 5.11 Å². The van der Waals surface area contributed by atoms with Gasteiger partial charge in [0.2, 0.25) is 0 Å². The first-order valence-corrected chi connectivity index (χ1v) is 7.34. The Bertz CT molecular complexity index is 359. The smallest absolute Gasteiger partial charge is 0.261 e. The molecule has 0 spiro atoms. The Morgan fingerprint density at radius 1 is 1.65 bits per heavy atom. The predicted octanol–water partition coefficient (Wildman–Crippen LogP) is 2.96. The number of amides is 1. The van der Waals surface area contributed by atoms with Crippen LogP contribution in [0.3, 0.4) is 0 Å². The van der Waals surface area contributed by atoms with Crippen LogP contribution >= 0.6 is 27.3 Å². The van der Waals surface area contributed by atoms with Gasteiger partial charge in [-0.3, -0.25) is 4.79 Å². The van der Waals surface area contributed by atoms with E-state index >= 15 is 0 Å². The number of aliphatic hydroxyl groups excluding tert-OH is 1. The molecule has 2 N–H and O–H groups in total. The van der Waals surface area contributed by atoms with Crippen molar-refractivity contribution < 1.29 is 9.90 Å². The number of hydrogen-bond acceptors (Lipinski definition) is 3. The van der Waals surface area contributed by atoms with Crippen LogP contribution in [0.15, 0.2) is 9.85 Å². The highest BCUT2D eigenvalue weighted by atomic mass is 79.9. The summed E-state index contributed by atoms with van der Waals surface area (Å²) in [4.78, 5) is 12.6. The predicted molar refractivity (Wildman–Crippen MR) is 74.6 cm³/mol. The lowest BCUT2D eigenvalue weighted by atomic mass is 10.0. The highest BCUT2D eigenvalue weighted by Gasteiger charge is 2.13. The van der Waals surface area contributed by atoms with E-state index in [0.29, 0.717) is 12.5 Å². The molecule has 1 rings (SSSR count). The molecule has 0 saturated carbocycles. The van der Waals surface area contributed by atoms with Crippen LogP contribution in [-0.2, 0) is 0 Å². The molecule has 3 nitrogen and oxygen atoms in total. The van der Waals surface area contributed by atoms with Crippen molar-refractivity contribution in [3.63, 3.8) is 0 Å². The Kier molecular flexibility index (Phi) is 6.16. The summed E-state index contributed by atoms with van der Waals surface area (Å²) in [6, 6.07) is 1.89. The van der Waals surface area contributed by atoms with E-state index in [9.17, 15) is 4.79 Å². The zero-order chi connectivity index (χ0) is 12.8. The maximum atomic E-state index is 11.9. The monoisotopic (exact) mass is 319 g/mol. The maximum Gasteiger partial charge on any atom is 0.261 e. The second-order valence-corrected chi connectivity index (χ2v) is 6.43. The molecule has 1 heterocycles. The number of carbonyl (C=O) groups is 1. The first-order chi connectivity index (χ1) is 8.08. The van der Waals surface area contributed by atoms with Gasteiger partial charge >= 0.3 is 0 Å². The van der Waals surface area contributed by atoms with E-state index in [1.165, 1.54) is 11.3 Å². The van der Waals surface area contributed by atoms with Crippen molar-refractivity contribution >= 4 is 33.2 Å². The molecule has 1 aromatic rings. The quantitative estimate of drug-likeness (QED) is 0.847. The molecule has 5 heteroatoms. The van der Waals surface area contributed by atoms with Gasteiger partial charge in [-0.15, -0.1) is 11.3 Å². The molecule has 0 radical (unpaired) electrons. The molecule has 0 saturated heterocycles. The Morgan fingerprint density at radius 3 is 2.82 bits per heavy atom. The van der Waals surface area contributed by atoms with Crippen molar-refractivity contribution in [2.75, 3.05) is 13.2 Å². The molecule has 0 bridgehead atoms. The molecule has 1 atom stereocenters. The van der Waals surface area contributed by atoms with Gasteiger partial charge in [0, 0.05) is 13.2 Å². The molecule has 0 fully saturated rings. The first kappa shape index (κ1) is 14.7. The highest BCUT2D eigenvalue weighted by Crippen LogP contribution is 2.27. The van der Waals surface area contributed by atoms with Crippen molar-refractivity contribution in [1.29, 1.82) is 0 Å². The summed E-state index contributed by atoms with van der Waals surface area (Å²) in [6.45, 7) is 4.85. The number of aryl methyl sites for hydroxylation is 1. The molecule has 0 aliphatic carbocycles. The van der Waals surface area contributed by atoms with Crippen LogP contribution < -0.4 is 5.32 Å². The molecule has 1 amide bonds.